The molecule has 1 aromatic heterocycles. The number of pyridine rings is 1. The number of carbonyl (C=O) groups is 2. The largest absolute Gasteiger partial charge is 0.505 e. The summed E-state index contributed by atoms with van der Waals surface area (Å²) in [6.45, 7) is -0.238. The Morgan fingerprint density at radius 1 is 0.750 bits per heavy atom. The van der Waals surface area contributed by atoms with Gasteiger partial charge in [-0.3, -0.25) is 24.0 Å². The van der Waals surface area contributed by atoms with E-state index >= 15 is 0 Å². The number of aromatic nitrogens is 1. The first kappa shape index (κ1) is 29.2. The van der Waals surface area contributed by atoms with Crippen molar-refractivity contribution >= 4 is 30.3 Å². The quantitative estimate of drug-likeness (QED) is 0.127. The van der Waals surface area contributed by atoms with E-state index in [-0.39, 0.29) is 47.5 Å². The second kappa shape index (κ2) is 12.4. The molecule has 6 rings (SSSR count). The topological polar surface area (TPSA) is 115 Å². The highest BCUT2D eigenvalue weighted by Crippen LogP contribution is 2.52. The number of nitrogens with zero attached hydrogens (tertiary/aromatic N) is 2. The van der Waals surface area contributed by atoms with Gasteiger partial charge in [-0.05, 0) is 41.0 Å². The zero-order chi connectivity index (χ0) is 30.7. The highest BCUT2D eigenvalue weighted by Gasteiger charge is 2.43. The van der Waals surface area contributed by atoms with Gasteiger partial charge in [0.25, 0.3) is 11.8 Å². The van der Waals surface area contributed by atoms with Gasteiger partial charge in [-0.1, -0.05) is 72.8 Å². The van der Waals surface area contributed by atoms with Gasteiger partial charge in [-0.2, -0.15) is 0 Å². The zero-order valence-electron chi connectivity index (χ0n) is 23.3. The van der Waals surface area contributed by atoms with Gasteiger partial charge < -0.3 is 18.9 Å². The molecule has 44 heavy (non-hydrogen) atoms. The Morgan fingerprint density at radius 2 is 1.34 bits per heavy atom. The molecule has 1 aliphatic heterocycles. The minimum Gasteiger partial charge on any atom is -0.505 e. The molecule has 0 atom stereocenters. The molecule has 0 aliphatic carbocycles. The van der Waals surface area contributed by atoms with E-state index in [0.717, 1.165) is 16.0 Å². The number of halogens is 1. The molecule has 0 radical (unpaired) electrons. The number of hydrogen-bond donors (Lipinski definition) is 1. The standard InChI is InChI=1S/C33H26FN2O7P/c34-25-15-13-22(14-16-25)18-36-32(38)27-28(33(36)39)31(26-12-7-17-35-29(26)30(27)37)41-21-44(40,42-19-23-8-3-1-4-9-23)43-20-24-10-5-2-6-11-24/h1-17,37H,18-21H2. The summed E-state index contributed by atoms with van der Waals surface area (Å²) in [6.07, 6.45) is 0.819. The van der Waals surface area contributed by atoms with Gasteiger partial charge in [-0.25, -0.2) is 4.39 Å². The van der Waals surface area contributed by atoms with E-state index in [2.05, 4.69) is 4.98 Å². The Morgan fingerprint density at radius 3 is 1.95 bits per heavy atom. The van der Waals surface area contributed by atoms with Crippen molar-refractivity contribution < 1.29 is 37.4 Å². The number of amides is 2. The zero-order valence-corrected chi connectivity index (χ0v) is 24.2. The van der Waals surface area contributed by atoms with E-state index in [9.17, 15) is 23.7 Å². The molecule has 0 fully saturated rings. The fourth-order valence-corrected chi connectivity index (χ4v) is 6.05. The van der Waals surface area contributed by atoms with Gasteiger partial charge in [0, 0.05) is 11.6 Å². The normalized spacial score (nSPS) is 13.0. The smallest absolute Gasteiger partial charge is 0.368 e. The number of benzene rings is 4. The first-order chi connectivity index (χ1) is 21.3. The summed E-state index contributed by atoms with van der Waals surface area (Å²) in [5.74, 6) is -2.54. The van der Waals surface area contributed by atoms with Crippen molar-refractivity contribution in [2.24, 2.45) is 0 Å². The molecular weight excluding hydrogens is 586 g/mol. The van der Waals surface area contributed by atoms with E-state index in [1.54, 1.807) is 12.1 Å². The first-order valence-electron chi connectivity index (χ1n) is 13.7. The lowest BCUT2D eigenvalue weighted by atomic mass is 10.0. The van der Waals surface area contributed by atoms with Gasteiger partial charge in [0.1, 0.15) is 22.6 Å². The summed E-state index contributed by atoms with van der Waals surface area (Å²) in [5, 5.41) is 11.3. The van der Waals surface area contributed by atoms with Gasteiger partial charge in [0.05, 0.1) is 25.3 Å². The molecule has 0 saturated carbocycles. The van der Waals surface area contributed by atoms with Crippen molar-refractivity contribution in [2.75, 3.05) is 6.35 Å². The molecule has 1 aliphatic rings. The van der Waals surface area contributed by atoms with E-state index in [4.69, 9.17) is 13.8 Å². The second-order valence-corrected chi connectivity index (χ2v) is 12.0. The molecule has 4 aromatic carbocycles. The van der Waals surface area contributed by atoms with E-state index in [1.165, 1.54) is 30.5 Å². The van der Waals surface area contributed by atoms with Gasteiger partial charge in [0.2, 0.25) is 0 Å². The Balaban J connectivity index is 1.34. The number of imide groups is 1. The lowest BCUT2D eigenvalue weighted by molar-refractivity contribution is 0.0640. The number of phenolic OH excluding ortho intramolecular Hbond substituents is 1. The number of ether oxygens (including phenoxy) is 1. The molecule has 222 valence electrons. The van der Waals surface area contributed by atoms with Crippen LogP contribution in [0.4, 0.5) is 4.39 Å². The Kier molecular flexibility index (Phi) is 8.21. The van der Waals surface area contributed by atoms with Crippen molar-refractivity contribution in [2.45, 2.75) is 19.8 Å². The van der Waals surface area contributed by atoms with E-state index in [1.807, 2.05) is 60.7 Å². The molecule has 0 bridgehead atoms. The van der Waals surface area contributed by atoms with Crippen LogP contribution < -0.4 is 4.74 Å². The summed E-state index contributed by atoms with van der Waals surface area (Å²) in [7, 11) is -3.99. The number of rotatable bonds is 11. The average Bonchev–Trinajstić information content (AvgIpc) is 3.30. The highest BCUT2D eigenvalue weighted by atomic mass is 31.2. The molecule has 2 amide bonds. The third-order valence-corrected chi connectivity index (χ3v) is 8.56. The maximum Gasteiger partial charge on any atom is 0.368 e. The fourth-order valence-electron chi connectivity index (χ4n) is 4.85. The monoisotopic (exact) mass is 612 g/mol. The Hall–Kier alpha value is -4.89. The molecule has 0 unspecified atom stereocenters. The number of hydrogen-bond acceptors (Lipinski definition) is 8. The van der Waals surface area contributed by atoms with Crippen LogP contribution in [0, 0.1) is 5.82 Å². The third-order valence-electron chi connectivity index (χ3n) is 7.07. The summed E-state index contributed by atoms with van der Waals surface area (Å²) in [6, 6.07) is 26.8. The Labute approximate surface area is 252 Å². The molecule has 0 spiro atoms. The first-order valence-corrected chi connectivity index (χ1v) is 15.4. The van der Waals surface area contributed by atoms with Crippen molar-refractivity contribution in [1.82, 2.24) is 9.88 Å². The average molecular weight is 613 g/mol. The van der Waals surface area contributed by atoms with Crippen LogP contribution in [0.5, 0.6) is 11.5 Å². The molecular formula is C33H26FN2O7P. The van der Waals surface area contributed by atoms with Crippen LogP contribution >= 0.6 is 7.60 Å². The van der Waals surface area contributed by atoms with Crippen molar-refractivity contribution in [1.29, 1.82) is 0 Å². The SMILES string of the molecule is O=C1c2c(c(O)c3ncccc3c2OCP(=O)(OCc2ccccc2)OCc2ccccc2)C(=O)N1Cc1ccc(F)cc1. The van der Waals surface area contributed by atoms with Crippen molar-refractivity contribution in [3.63, 3.8) is 0 Å². The molecule has 5 aromatic rings. The minimum absolute atomic E-state index is 0.0243. The lowest BCUT2D eigenvalue weighted by Gasteiger charge is -2.21. The summed E-state index contributed by atoms with van der Waals surface area (Å²) in [4.78, 5) is 32.4. The lowest BCUT2D eigenvalue weighted by Crippen LogP contribution is -2.29. The third kappa shape index (κ3) is 5.96. The number of phenols is 1. The van der Waals surface area contributed by atoms with Crippen LogP contribution in [-0.2, 0) is 33.4 Å². The van der Waals surface area contributed by atoms with Crippen LogP contribution in [-0.4, -0.2) is 33.2 Å². The van der Waals surface area contributed by atoms with Gasteiger partial charge in [-0.15, -0.1) is 0 Å². The van der Waals surface area contributed by atoms with Gasteiger partial charge in [0.15, 0.2) is 12.1 Å². The molecule has 11 heteroatoms. The van der Waals surface area contributed by atoms with Crippen molar-refractivity contribution in [3.8, 4) is 11.5 Å². The highest BCUT2D eigenvalue weighted by molar-refractivity contribution is 7.53. The van der Waals surface area contributed by atoms with Crippen LogP contribution in [0.25, 0.3) is 10.9 Å². The number of aromatic hydroxyl groups is 1. The molecule has 0 saturated heterocycles. The molecule has 2 heterocycles. The second-order valence-electron chi connectivity index (χ2n) is 10.1. The maximum atomic E-state index is 14.1. The van der Waals surface area contributed by atoms with E-state index < -0.39 is 37.3 Å². The summed E-state index contributed by atoms with van der Waals surface area (Å²) in [5.41, 5.74) is 1.55. The molecule has 1 N–H and O–H groups in total. The van der Waals surface area contributed by atoms with Crippen LogP contribution in [0.15, 0.2) is 103 Å². The van der Waals surface area contributed by atoms with E-state index in [0.29, 0.717) is 5.56 Å². The Bertz CT molecular complexity index is 1840. The van der Waals surface area contributed by atoms with Gasteiger partial charge >= 0.3 is 7.60 Å². The number of fused-ring (bicyclic) bond motifs is 2. The maximum absolute atomic E-state index is 14.1. The van der Waals surface area contributed by atoms with Crippen LogP contribution in [0.1, 0.15) is 37.4 Å². The van der Waals surface area contributed by atoms with Crippen LogP contribution in [0.3, 0.4) is 0 Å². The fraction of sp³-hybridized carbons (Fsp3) is 0.121. The van der Waals surface area contributed by atoms with Crippen LogP contribution in [0.2, 0.25) is 0 Å². The summed E-state index contributed by atoms with van der Waals surface area (Å²) < 4.78 is 45.3. The number of carbonyl (C=O) groups excluding carboxylic acids is 2. The predicted molar refractivity (Wildman–Crippen MR) is 160 cm³/mol. The summed E-state index contributed by atoms with van der Waals surface area (Å²) >= 11 is 0. The minimum atomic E-state index is -3.99. The van der Waals surface area contributed by atoms with Crippen molar-refractivity contribution in [3.05, 3.63) is 137 Å². The predicted octanol–water partition coefficient (Wildman–Crippen LogP) is 6.84. The molecule has 9 nitrogen and oxygen atoms in total.